The van der Waals surface area contributed by atoms with E-state index in [-0.39, 0.29) is 10.6 Å². The Hall–Kier alpha value is -2.93. The lowest BCUT2D eigenvalue weighted by Gasteiger charge is -2.14. The summed E-state index contributed by atoms with van der Waals surface area (Å²) in [5.41, 5.74) is 0.688. The first-order chi connectivity index (χ1) is 14.0. The fourth-order valence-corrected chi connectivity index (χ4v) is 2.67. The van der Waals surface area contributed by atoms with Gasteiger partial charge in [-0.2, -0.15) is 0 Å². The summed E-state index contributed by atoms with van der Waals surface area (Å²) in [5.74, 6) is 0.106. The number of hydrogen-bond acceptors (Lipinski definition) is 6. The van der Waals surface area contributed by atoms with Crippen LogP contribution >= 0.6 is 11.6 Å². The summed E-state index contributed by atoms with van der Waals surface area (Å²) < 4.78 is 21.1. The van der Waals surface area contributed by atoms with Crippen molar-refractivity contribution in [1.82, 2.24) is 0 Å². The predicted octanol–water partition coefficient (Wildman–Crippen LogP) is 4.33. The molecule has 156 valence electrons. The van der Waals surface area contributed by atoms with Crippen LogP contribution in [0.5, 0.6) is 17.2 Å². The summed E-state index contributed by atoms with van der Waals surface area (Å²) in [6, 6.07) is 9.73. The summed E-state index contributed by atoms with van der Waals surface area (Å²) in [6.45, 7) is 2.08. The maximum atomic E-state index is 12.3. The lowest BCUT2D eigenvalue weighted by Crippen LogP contribution is -2.21. The normalized spacial score (nSPS) is 10.2. The molecule has 0 saturated carbocycles. The van der Waals surface area contributed by atoms with E-state index >= 15 is 0 Å². The van der Waals surface area contributed by atoms with Crippen molar-refractivity contribution < 1.29 is 28.5 Å². The van der Waals surface area contributed by atoms with E-state index in [2.05, 4.69) is 5.32 Å². The van der Waals surface area contributed by atoms with Crippen molar-refractivity contribution in [2.75, 3.05) is 32.8 Å². The lowest BCUT2D eigenvalue weighted by molar-refractivity contribution is -0.119. The second-order valence-corrected chi connectivity index (χ2v) is 6.45. The first-order valence-corrected chi connectivity index (χ1v) is 9.47. The van der Waals surface area contributed by atoms with Crippen LogP contribution in [-0.2, 0) is 9.53 Å². The van der Waals surface area contributed by atoms with Gasteiger partial charge in [0, 0.05) is 11.8 Å². The van der Waals surface area contributed by atoms with Crippen LogP contribution in [0.3, 0.4) is 0 Å². The molecule has 2 aromatic rings. The van der Waals surface area contributed by atoms with Gasteiger partial charge in [0.2, 0.25) is 0 Å². The number of unbranched alkanes of at least 4 members (excludes halogenated alkanes) is 1. The molecule has 1 N–H and O–H groups in total. The molecule has 0 spiro atoms. The maximum absolute atomic E-state index is 12.3. The second kappa shape index (κ2) is 11.2. The minimum absolute atomic E-state index is 0.156. The van der Waals surface area contributed by atoms with Gasteiger partial charge in [-0.05, 0) is 30.7 Å². The molecular formula is C21H24ClNO6. The van der Waals surface area contributed by atoms with E-state index < -0.39 is 18.5 Å². The molecule has 0 saturated heterocycles. The average molecular weight is 422 g/mol. The van der Waals surface area contributed by atoms with Gasteiger partial charge in [0.1, 0.15) is 5.75 Å². The Morgan fingerprint density at radius 1 is 1.10 bits per heavy atom. The molecule has 0 radical (unpaired) electrons. The van der Waals surface area contributed by atoms with E-state index in [1.165, 1.54) is 26.4 Å². The van der Waals surface area contributed by atoms with Crippen LogP contribution in [0.25, 0.3) is 0 Å². The van der Waals surface area contributed by atoms with Crippen LogP contribution in [0, 0.1) is 0 Å². The molecule has 2 rings (SSSR count). The fraction of sp³-hybridized carbons (Fsp3) is 0.333. The van der Waals surface area contributed by atoms with Crippen molar-refractivity contribution in [3.63, 3.8) is 0 Å². The lowest BCUT2D eigenvalue weighted by atomic mass is 10.2. The van der Waals surface area contributed by atoms with Crippen LogP contribution in [-0.4, -0.2) is 39.3 Å². The molecule has 0 fully saturated rings. The molecule has 1 amide bonds. The van der Waals surface area contributed by atoms with Gasteiger partial charge < -0.3 is 24.3 Å². The van der Waals surface area contributed by atoms with Crippen molar-refractivity contribution in [2.45, 2.75) is 19.8 Å². The van der Waals surface area contributed by atoms with Crippen molar-refractivity contribution in [1.29, 1.82) is 0 Å². The minimum atomic E-state index is -0.703. The number of anilines is 1. The first kappa shape index (κ1) is 22.4. The highest BCUT2D eigenvalue weighted by molar-refractivity contribution is 6.32. The number of halogens is 1. The molecule has 8 heteroatoms. The Kier molecular flexibility index (Phi) is 8.61. The zero-order valence-electron chi connectivity index (χ0n) is 16.6. The van der Waals surface area contributed by atoms with Gasteiger partial charge in [-0.25, -0.2) is 4.79 Å². The van der Waals surface area contributed by atoms with Crippen LogP contribution < -0.4 is 19.5 Å². The number of carbonyl (C=O) groups excluding carboxylic acids is 2. The summed E-state index contributed by atoms with van der Waals surface area (Å²) in [7, 11) is 2.98. The number of methoxy groups -OCH3 is 2. The zero-order valence-corrected chi connectivity index (χ0v) is 17.4. The molecule has 7 nitrogen and oxygen atoms in total. The summed E-state index contributed by atoms with van der Waals surface area (Å²) in [6.07, 6.45) is 1.84. The quantitative estimate of drug-likeness (QED) is 0.454. The number of benzene rings is 2. The standard InChI is InChI=1S/C21H24ClNO6/c1-4-5-9-28-20-17(22)10-14(11-18(20)27-3)21(25)29-13-19(24)23-15-7-6-8-16(12-15)26-2/h6-8,10-12H,4-5,9,13H2,1-3H3,(H,23,24). The Balaban J connectivity index is 1.98. The van der Waals surface area contributed by atoms with E-state index in [0.29, 0.717) is 29.5 Å². The van der Waals surface area contributed by atoms with Crippen molar-refractivity contribution >= 4 is 29.2 Å². The number of rotatable bonds is 10. The van der Waals surface area contributed by atoms with E-state index in [1.807, 2.05) is 6.92 Å². The number of hydrogen-bond donors (Lipinski definition) is 1. The molecule has 0 aliphatic rings. The SMILES string of the molecule is CCCCOc1c(Cl)cc(C(=O)OCC(=O)Nc2cccc(OC)c2)cc1OC. The third-order valence-electron chi connectivity index (χ3n) is 3.90. The monoisotopic (exact) mass is 421 g/mol. The smallest absolute Gasteiger partial charge is 0.338 e. The molecule has 0 aromatic heterocycles. The number of amides is 1. The second-order valence-electron chi connectivity index (χ2n) is 6.05. The summed E-state index contributed by atoms with van der Waals surface area (Å²) >= 11 is 6.23. The molecule has 2 aromatic carbocycles. The van der Waals surface area contributed by atoms with Crippen LogP contribution in [0.4, 0.5) is 5.69 Å². The number of carbonyl (C=O) groups is 2. The Labute approximate surface area is 174 Å². The summed E-state index contributed by atoms with van der Waals surface area (Å²) in [4.78, 5) is 24.4. The minimum Gasteiger partial charge on any atom is -0.497 e. The topological polar surface area (TPSA) is 83.1 Å². The Morgan fingerprint density at radius 3 is 2.59 bits per heavy atom. The van der Waals surface area contributed by atoms with Gasteiger partial charge in [-0.1, -0.05) is 31.0 Å². The van der Waals surface area contributed by atoms with Crippen LogP contribution in [0.2, 0.25) is 5.02 Å². The Bertz CT molecular complexity index is 855. The van der Waals surface area contributed by atoms with E-state index in [9.17, 15) is 9.59 Å². The first-order valence-electron chi connectivity index (χ1n) is 9.09. The highest BCUT2D eigenvalue weighted by Crippen LogP contribution is 2.36. The Morgan fingerprint density at radius 2 is 1.90 bits per heavy atom. The maximum Gasteiger partial charge on any atom is 0.338 e. The third kappa shape index (κ3) is 6.57. The summed E-state index contributed by atoms with van der Waals surface area (Å²) in [5, 5.41) is 2.86. The van der Waals surface area contributed by atoms with E-state index in [4.69, 9.17) is 30.5 Å². The zero-order chi connectivity index (χ0) is 21.2. The average Bonchev–Trinajstić information content (AvgIpc) is 2.73. The number of nitrogens with one attached hydrogen (secondary N) is 1. The largest absolute Gasteiger partial charge is 0.497 e. The van der Waals surface area contributed by atoms with Gasteiger partial charge >= 0.3 is 5.97 Å². The molecular weight excluding hydrogens is 398 g/mol. The molecule has 0 aliphatic heterocycles. The molecule has 29 heavy (non-hydrogen) atoms. The van der Waals surface area contributed by atoms with Crippen molar-refractivity contribution in [3.8, 4) is 17.2 Å². The third-order valence-corrected chi connectivity index (χ3v) is 4.18. The van der Waals surface area contributed by atoms with Gasteiger partial charge in [0.25, 0.3) is 5.91 Å². The number of ether oxygens (including phenoxy) is 4. The van der Waals surface area contributed by atoms with Crippen LogP contribution in [0.15, 0.2) is 36.4 Å². The van der Waals surface area contributed by atoms with Gasteiger partial charge in [-0.15, -0.1) is 0 Å². The molecule has 0 bridgehead atoms. The predicted molar refractivity (Wildman–Crippen MR) is 110 cm³/mol. The molecule has 0 atom stereocenters. The van der Waals surface area contributed by atoms with E-state index in [0.717, 1.165) is 12.8 Å². The fourth-order valence-electron chi connectivity index (χ4n) is 2.41. The highest BCUT2D eigenvalue weighted by Gasteiger charge is 2.18. The number of esters is 1. The molecule has 0 heterocycles. The van der Waals surface area contributed by atoms with Crippen LogP contribution in [0.1, 0.15) is 30.1 Å². The van der Waals surface area contributed by atoms with E-state index in [1.54, 1.807) is 24.3 Å². The van der Waals surface area contributed by atoms with Gasteiger partial charge in [-0.3, -0.25) is 4.79 Å². The van der Waals surface area contributed by atoms with Gasteiger partial charge in [0.05, 0.1) is 31.4 Å². The van der Waals surface area contributed by atoms with Crippen molar-refractivity contribution in [2.24, 2.45) is 0 Å². The van der Waals surface area contributed by atoms with Gasteiger partial charge in [0.15, 0.2) is 18.1 Å². The molecule has 0 unspecified atom stereocenters. The highest BCUT2D eigenvalue weighted by atomic mass is 35.5. The van der Waals surface area contributed by atoms with Crippen molar-refractivity contribution in [3.05, 3.63) is 47.0 Å². The molecule has 0 aliphatic carbocycles.